The summed E-state index contributed by atoms with van der Waals surface area (Å²) in [4.78, 5) is 10.7. The predicted molar refractivity (Wildman–Crippen MR) is 105 cm³/mol. The summed E-state index contributed by atoms with van der Waals surface area (Å²) in [6.07, 6.45) is 5.81. The van der Waals surface area contributed by atoms with E-state index in [0.717, 1.165) is 23.8 Å². The van der Waals surface area contributed by atoms with Gasteiger partial charge in [0.15, 0.2) is 0 Å². The topological polar surface area (TPSA) is 50.4 Å². The summed E-state index contributed by atoms with van der Waals surface area (Å²) in [7, 11) is 0. The number of benzene rings is 1. The Hall–Kier alpha value is -2.29. The number of carboxylic acid groups (broad SMARTS) is 1. The molecule has 3 rings (SSSR count). The van der Waals surface area contributed by atoms with E-state index >= 15 is 0 Å². The van der Waals surface area contributed by atoms with Crippen LogP contribution < -0.4 is 0 Å². The van der Waals surface area contributed by atoms with Gasteiger partial charge in [0.1, 0.15) is 11.5 Å². The van der Waals surface area contributed by atoms with Crippen molar-refractivity contribution >= 4 is 12.0 Å². The van der Waals surface area contributed by atoms with Crippen LogP contribution in [0, 0.1) is 6.92 Å². The van der Waals surface area contributed by atoms with Crippen LogP contribution in [0.5, 0.6) is 0 Å². The maximum Gasteiger partial charge on any atom is 0.328 e. The van der Waals surface area contributed by atoms with Crippen LogP contribution in [0.25, 0.3) is 6.08 Å². The van der Waals surface area contributed by atoms with Gasteiger partial charge in [-0.1, -0.05) is 45.9 Å². The Labute approximate surface area is 155 Å². The number of carboxylic acids is 1. The second-order valence-electron chi connectivity index (χ2n) is 8.73. The summed E-state index contributed by atoms with van der Waals surface area (Å²) in [6.45, 7) is 11.3. The molecule has 0 atom stereocenters. The van der Waals surface area contributed by atoms with Crippen LogP contribution in [0.2, 0.25) is 0 Å². The molecule has 1 aliphatic rings. The minimum Gasteiger partial charge on any atom is -0.478 e. The lowest BCUT2D eigenvalue weighted by molar-refractivity contribution is -0.131. The van der Waals surface area contributed by atoms with E-state index < -0.39 is 5.97 Å². The van der Waals surface area contributed by atoms with E-state index in [9.17, 15) is 4.79 Å². The van der Waals surface area contributed by atoms with Gasteiger partial charge in [-0.15, -0.1) is 0 Å². The number of carbonyl (C=O) groups is 1. The molecule has 1 heterocycles. The fraction of sp³-hybridized carbons (Fsp3) is 0.435. The minimum atomic E-state index is -0.972. The molecule has 26 heavy (non-hydrogen) atoms. The maximum absolute atomic E-state index is 10.7. The molecule has 2 aromatic rings. The summed E-state index contributed by atoms with van der Waals surface area (Å²) in [5.74, 6) is 0.451. The largest absolute Gasteiger partial charge is 0.478 e. The average molecular weight is 352 g/mol. The Balaban J connectivity index is 1.92. The molecule has 0 radical (unpaired) electrons. The first-order valence-corrected chi connectivity index (χ1v) is 9.23. The van der Waals surface area contributed by atoms with Crippen LogP contribution in [0.3, 0.4) is 0 Å². The molecule has 3 heteroatoms. The molecule has 0 bridgehead atoms. The first kappa shape index (κ1) is 18.5. The van der Waals surface area contributed by atoms with Gasteiger partial charge in [0.2, 0.25) is 0 Å². The SMILES string of the molecule is Cc1oc(/C=C/C(=O)O)cc1Cc1ccc2c(c1)C(C)(C)CCC2(C)C. The number of aryl methyl sites for hydroxylation is 1. The van der Waals surface area contributed by atoms with Crippen molar-refractivity contribution in [3.8, 4) is 0 Å². The molecule has 1 aromatic heterocycles. The minimum absolute atomic E-state index is 0.196. The standard InChI is InChI=1S/C23H28O3/c1-15-17(14-18(26-15)7-9-21(24)25)12-16-6-8-19-20(13-16)23(4,5)11-10-22(19,2)3/h6-9,13-14H,10-12H2,1-5H3,(H,24,25)/b9-7+. The molecule has 1 aliphatic carbocycles. The van der Waals surface area contributed by atoms with Crippen LogP contribution in [0.1, 0.15) is 74.3 Å². The van der Waals surface area contributed by atoms with Crippen molar-refractivity contribution in [2.24, 2.45) is 0 Å². The van der Waals surface area contributed by atoms with Crippen molar-refractivity contribution in [1.29, 1.82) is 0 Å². The van der Waals surface area contributed by atoms with E-state index in [1.165, 1.54) is 35.6 Å². The Morgan fingerprint density at radius 2 is 1.77 bits per heavy atom. The van der Waals surface area contributed by atoms with Crippen LogP contribution in [0.15, 0.2) is 34.8 Å². The summed E-state index contributed by atoms with van der Waals surface area (Å²) in [5.41, 5.74) is 5.71. The highest BCUT2D eigenvalue weighted by Gasteiger charge is 2.36. The predicted octanol–water partition coefficient (Wildman–Crippen LogP) is 5.63. The van der Waals surface area contributed by atoms with Gasteiger partial charge < -0.3 is 9.52 Å². The van der Waals surface area contributed by atoms with Crippen LogP contribution in [-0.4, -0.2) is 11.1 Å². The Morgan fingerprint density at radius 1 is 1.12 bits per heavy atom. The molecule has 0 saturated carbocycles. The zero-order chi connectivity index (χ0) is 19.1. The third kappa shape index (κ3) is 3.62. The van der Waals surface area contributed by atoms with Gasteiger partial charge in [0.05, 0.1) is 0 Å². The zero-order valence-electron chi connectivity index (χ0n) is 16.3. The lowest BCUT2D eigenvalue weighted by Crippen LogP contribution is -2.33. The third-order valence-electron chi connectivity index (χ3n) is 5.74. The molecule has 3 nitrogen and oxygen atoms in total. The van der Waals surface area contributed by atoms with Crippen molar-refractivity contribution in [2.45, 2.75) is 64.7 Å². The number of hydrogen-bond donors (Lipinski definition) is 1. The van der Waals surface area contributed by atoms with Gasteiger partial charge in [-0.25, -0.2) is 4.79 Å². The molecule has 0 unspecified atom stereocenters. The van der Waals surface area contributed by atoms with Gasteiger partial charge in [0, 0.05) is 12.5 Å². The Morgan fingerprint density at radius 3 is 2.42 bits per heavy atom. The van der Waals surface area contributed by atoms with E-state index in [-0.39, 0.29) is 10.8 Å². The highest BCUT2D eigenvalue weighted by Crippen LogP contribution is 2.46. The molecule has 1 N–H and O–H groups in total. The molecular formula is C23H28O3. The Bertz CT molecular complexity index is 866. The quantitative estimate of drug-likeness (QED) is 0.726. The van der Waals surface area contributed by atoms with Crippen LogP contribution >= 0.6 is 0 Å². The lowest BCUT2D eigenvalue weighted by atomic mass is 9.63. The van der Waals surface area contributed by atoms with E-state index in [2.05, 4.69) is 45.9 Å². The molecule has 0 saturated heterocycles. The number of fused-ring (bicyclic) bond motifs is 1. The van der Waals surface area contributed by atoms with E-state index in [1.54, 1.807) is 0 Å². The van der Waals surface area contributed by atoms with E-state index in [0.29, 0.717) is 5.76 Å². The van der Waals surface area contributed by atoms with Gasteiger partial charge >= 0.3 is 5.97 Å². The zero-order valence-corrected chi connectivity index (χ0v) is 16.3. The van der Waals surface area contributed by atoms with Gasteiger partial charge in [-0.3, -0.25) is 0 Å². The van der Waals surface area contributed by atoms with Crippen molar-refractivity contribution in [3.63, 3.8) is 0 Å². The number of hydrogen-bond acceptors (Lipinski definition) is 2. The summed E-state index contributed by atoms with van der Waals surface area (Å²) in [6, 6.07) is 8.81. The van der Waals surface area contributed by atoms with Gasteiger partial charge in [0.25, 0.3) is 0 Å². The molecule has 0 fully saturated rings. The second kappa shape index (κ2) is 6.46. The van der Waals surface area contributed by atoms with Crippen molar-refractivity contribution in [3.05, 3.63) is 64.1 Å². The first-order valence-electron chi connectivity index (χ1n) is 9.23. The third-order valence-corrected chi connectivity index (χ3v) is 5.74. The Kier molecular flexibility index (Phi) is 4.60. The number of aliphatic carboxylic acids is 1. The summed E-state index contributed by atoms with van der Waals surface area (Å²) in [5, 5.41) is 8.76. The normalized spacial score (nSPS) is 18.0. The fourth-order valence-corrected chi connectivity index (χ4v) is 3.92. The van der Waals surface area contributed by atoms with Crippen LogP contribution in [0.4, 0.5) is 0 Å². The van der Waals surface area contributed by atoms with Crippen LogP contribution in [-0.2, 0) is 22.0 Å². The average Bonchev–Trinajstić information content (AvgIpc) is 2.90. The van der Waals surface area contributed by atoms with Crippen molar-refractivity contribution < 1.29 is 14.3 Å². The molecule has 0 aliphatic heterocycles. The van der Waals surface area contributed by atoms with E-state index in [4.69, 9.17) is 9.52 Å². The highest BCUT2D eigenvalue weighted by molar-refractivity contribution is 5.84. The monoisotopic (exact) mass is 352 g/mol. The lowest BCUT2D eigenvalue weighted by Gasteiger charge is -2.42. The number of furan rings is 1. The van der Waals surface area contributed by atoms with Crippen molar-refractivity contribution in [2.75, 3.05) is 0 Å². The molecule has 0 spiro atoms. The maximum atomic E-state index is 10.7. The molecule has 1 aromatic carbocycles. The molecule has 138 valence electrons. The summed E-state index contributed by atoms with van der Waals surface area (Å²) >= 11 is 0. The molecular weight excluding hydrogens is 324 g/mol. The van der Waals surface area contributed by atoms with Gasteiger partial charge in [-0.05, 0) is 65.0 Å². The molecule has 0 amide bonds. The first-order chi connectivity index (χ1) is 12.1. The highest BCUT2D eigenvalue weighted by atomic mass is 16.4. The smallest absolute Gasteiger partial charge is 0.328 e. The second-order valence-corrected chi connectivity index (χ2v) is 8.73. The fourth-order valence-electron chi connectivity index (χ4n) is 3.92. The summed E-state index contributed by atoms with van der Waals surface area (Å²) < 4.78 is 5.67. The number of rotatable bonds is 4. The van der Waals surface area contributed by atoms with E-state index in [1.807, 2.05) is 13.0 Å². The van der Waals surface area contributed by atoms with Gasteiger partial charge in [-0.2, -0.15) is 0 Å². The van der Waals surface area contributed by atoms with Crippen molar-refractivity contribution in [1.82, 2.24) is 0 Å².